The summed E-state index contributed by atoms with van der Waals surface area (Å²) in [5.41, 5.74) is 0.960. The lowest BCUT2D eigenvalue weighted by molar-refractivity contribution is -0.142. The summed E-state index contributed by atoms with van der Waals surface area (Å²) in [6.45, 7) is 5.65. The molecule has 7 nitrogen and oxygen atoms in total. The molecule has 2 heterocycles. The van der Waals surface area contributed by atoms with Crippen LogP contribution in [0.2, 0.25) is 5.02 Å². The molecule has 0 bridgehead atoms. The number of hydrogen-bond acceptors (Lipinski definition) is 5. The van der Waals surface area contributed by atoms with Gasteiger partial charge < -0.3 is 20.6 Å². The molecule has 2 aliphatic heterocycles. The Balaban J connectivity index is 1.74. The van der Waals surface area contributed by atoms with Crippen molar-refractivity contribution < 1.29 is 16.1 Å². The third-order valence-corrected chi connectivity index (χ3v) is 6.66. The Hall–Kier alpha value is -1.67. The maximum absolute atomic E-state index is 13.6. The monoisotopic (exact) mass is 465 g/mol. The highest BCUT2D eigenvalue weighted by Gasteiger charge is 2.40. The fraction of sp³-hybridized carbons (Fsp3) is 0.667. The number of rotatable bonds is 10. The predicted molar refractivity (Wildman–Crippen MR) is 127 cm³/mol. The number of aliphatic carboxylic acids is 1. The van der Waals surface area contributed by atoms with Gasteiger partial charge in [0.1, 0.15) is 6.04 Å². The number of hydrogen-bond donors (Lipinski definition) is 3. The SMILES string of the molecule is [2H]C(N[C@@H](Cc1ccc(Cl)cc1)C(=O)N(C)[C@H]1C[C@@H](C(=O)O)N(CC(C)C)C1)[C@H]1CCCN1. The van der Waals surface area contributed by atoms with E-state index in [4.69, 9.17) is 13.0 Å². The van der Waals surface area contributed by atoms with Crippen molar-refractivity contribution in [1.29, 1.82) is 0 Å². The van der Waals surface area contributed by atoms with E-state index in [-0.39, 0.29) is 18.0 Å². The first-order chi connectivity index (χ1) is 15.7. The van der Waals surface area contributed by atoms with E-state index in [0.29, 0.717) is 36.9 Å². The molecule has 2 aliphatic rings. The lowest BCUT2D eigenvalue weighted by Gasteiger charge is -2.30. The molecule has 2 fully saturated rings. The molecule has 0 saturated carbocycles. The number of likely N-dealkylation sites (tertiary alicyclic amines) is 1. The molecule has 3 N–H and O–H groups in total. The number of benzene rings is 1. The van der Waals surface area contributed by atoms with Crippen LogP contribution in [-0.2, 0) is 16.0 Å². The van der Waals surface area contributed by atoms with Crippen LogP contribution in [0.3, 0.4) is 0 Å². The smallest absolute Gasteiger partial charge is 0.321 e. The first-order valence-corrected chi connectivity index (χ1v) is 11.9. The van der Waals surface area contributed by atoms with Crippen LogP contribution >= 0.6 is 11.6 Å². The number of carbonyl (C=O) groups excluding carboxylic acids is 1. The molecule has 178 valence electrons. The molecule has 0 aromatic heterocycles. The van der Waals surface area contributed by atoms with Crippen LogP contribution in [0.4, 0.5) is 0 Å². The largest absolute Gasteiger partial charge is 0.480 e. The van der Waals surface area contributed by atoms with Gasteiger partial charge in [0.15, 0.2) is 0 Å². The van der Waals surface area contributed by atoms with Crippen molar-refractivity contribution in [2.45, 2.75) is 63.7 Å². The Labute approximate surface area is 197 Å². The molecule has 5 atom stereocenters. The van der Waals surface area contributed by atoms with Crippen molar-refractivity contribution in [2.75, 3.05) is 33.2 Å². The van der Waals surface area contributed by atoms with E-state index in [2.05, 4.69) is 24.5 Å². The van der Waals surface area contributed by atoms with E-state index in [9.17, 15) is 14.7 Å². The molecule has 1 aromatic rings. The zero-order valence-electron chi connectivity index (χ0n) is 20.3. The van der Waals surface area contributed by atoms with Gasteiger partial charge in [-0.25, -0.2) is 0 Å². The van der Waals surface area contributed by atoms with Crippen molar-refractivity contribution in [2.24, 2.45) is 5.92 Å². The van der Waals surface area contributed by atoms with Crippen LogP contribution in [0.1, 0.15) is 40.0 Å². The minimum absolute atomic E-state index is 0.0141. The Morgan fingerprint density at radius 2 is 2.09 bits per heavy atom. The summed E-state index contributed by atoms with van der Waals surface area (Å²) in [4.78, 5) is 29.1. The molecule has 1 unspecified atom stereocenters. The second kappa shape index (κ2) is 11.5. The van der Waals surface area contributed by atoms with Gasteiger partial charge in [-0.3, -0.25) is 14.5 Å². The van der Waals surface area contributed by atoms with Crippen LogP contribution < -0.4 is 10.6 Å². The van der Waals surface area contributed by atoms with Gasteiger partial charge in [0.25, 0.3) is 0 Å². The molecule has 8 heteroatoms. The third kappa shape index (κ3) is 6.67. The Morgan fingerprint density at radius 1 is 1.38 bits per heavy atom. The maximum atomic E-state index is 13.6. The van der Waals surface area contributed by atoms with E-state index in [1.165, 1.54) is 0 Å². The van der Waals surface area contributed by atoms with Crippen LogP contribution in [0.25, 0.3) is 0 Å². The Bertz CT molecular complexity index is 803. The number of carbonyl (C=O) groups is 2. The fourth-order valence-electron chi connectivity index (χ4n) is 4.67. The maximum Gasteiger partial charge on any atom is 0.321 e. The van der Waals surface area contributed by atoms with E-state index in [1.807, 2.05) is 17.0 Å². The van der Waals surface area contributed by atoms with E-state index < -0.39 is 24.6 Å². The van der Waals surface area contributed by atoms with E-state index in [0.717, 1.165) is 24.9 Å². The number of amides is 1. The Kier molecular flexibility index (Phi) is 8.41. The van der Waals surface area contributed by atoms with E-state index in [1.54, 1.807) is 24.1 Å². The van der Waals surface area contributed by atoms with Gasteiger partial charge in [0, 0.05) is 45.1 Å². The number of halogens is 1. The van der Waals surface area contributed by atoms with Crippen molar-refractivity contribution >= 4 is 23.5 Å². The van der Waals surface area contributed by atoms with Gasteiger partial charge in [-0.2, -0.15) is 0 Å². The molecule has 0 radical (unpaired) electrons. The van der Waals surface area contributed by atoms with Crippen LogP contribution in [0.15, 0.2) is 24.3 Å². The third-order valence-electron chi connectivity index (χ3n) is 6.41. The molecule has 3 rings (SSSR count). The minimum atomic E-state index is -0.839. The molecular formula is C24H37ClN4O3. The van der Waals surface area contributed by atoms with Gasteiger partial charge in [-0.05, 0) is 55.8 Å². The highest BCUT2D eigenvalue weighted by Crippen LogP contribution is 2.24. The second-order valence-electron chi connectivity index (χ2n) is 9.46. The number of carboxylic acid groups (broad SMARTS) is 1. The molecule has 2 saturated heterocycles. The summed E-state index contributed by atoms with van der Waals surface area (Å²) in [7, 11) is 1.76. The summed E-state index contributed by atoms with van der Waals surface area (Å²) in [6.07, 6.45) is 2.79. The van der Waals surface area contributed by atoms with Crippen molar-refractivity contribution in [1.82, 2.24) is 20.4 Å². The number of likely N-dealkylation sites (N-methyl/N-ethyl adjacent to an activating group) is 1. The molecule has 0 aliphatic carbocycles. The molecule has 0 spiro atoms. The number of carboxylic acids is 1. The fourth-order valence-corrected chi connectivity index (χ4v) is 4.80. The summed E-state index contributed by atoms with van der Waals surface area (Å²) < 4.78 is 8.59. The molecule has 1 aromatic carbocycles. The molecule has 32 heavy (non-hydrogen) atoms. The van der Waals surface area contributed by atoms with Crippen molar-refractivity contribution in [3.8, 4) is 0 Å². The minimum Gasteiger partial charge on any atom is -0.480 e. The highest BCUT2D eigenvalue weighted by molar-refractivity contribution is 6.30. The summed E-state index contributed by atoms with van der Waals surface area (Å²) >= 11 is 6.02. The molecular weight excluding hydrogens is 428 g/mol. The zero-order chi connectivity index (χ0) is 24.1. The van der Waals surface area contributed by atoms with Crippen LogP contribution in [-0.4, -0.2) is 84.2 Å². The van der Waals surface area contributed by atoms with Crippen molar-refractivity contribution in [3.63, 3.8) is 0 Å². The van der Waals surface area contributed by atoms with Crippen LogP contribution in [0, 0.1) is 5.92 Å². The zero-order valence-corrected chi connectivity index (χ0v) is 20.0. The number of nitrogens with one attached hydrogen (secondary N) is 2. The van der Waals surface area contributed by atoms with Gasteiger partial charge >= 0.3 is 5.97 Å². The first kappa shape index (κ1) is 23.5. The normalized spacial score (nSPS) is 26.2. The average molecular weight is 466 g/mol. The van der Waals surface area contributed by atoms with E-state index >= 15 is 0 Å². The Morgan fingerprint density at radius 3 is 2.69 bits per heavy atom. The standard InChI is InChI=1S/C24H37ClN4O3/c1-16(2)14-29-15-20(12-22(29)24(31)32)28(3)23(30)21(27-13-19-5-4-10-26-19)11-17-6-8-18(25)9-7-17/h6-9,16,19-22,26-27H,4-5,10-15H2,1-3H3,(H,31,32)/t19-,20+,21+,22+/m1/s1/i13D/t13?,19-,20+,21+,22+. The number of nitrogens with zero attached hydrogens (tertiary/aromatic N) is 2. The summed E-state index contributed by atoms with van der Waals surface area (Å²) in [5.74, 6) is -0.608. The van der Waals surface area contributed by atoms with Gasteiger partial charge in [-0.15, -0.1) is 0 Å². The topological polar surface area (TPSA) is 84.9 Å². The first-order valence-electron chi connectivity index (χ1n) is 12.1. The van der Waals surface area contributed by atoms with Gasteiger partial charge in [0.05, 0.1) is 6.04 Å². The van der Waals surface area contributed by atoms with Crippen LogP contribution in [0.5, 0.6) is 0 Å². The van der Waals surface area contributed by atoms with Gasteiger partial charge in [0.2, 0.25) is 5.91 Å². The van der Waals surface area contributed by atoms with Crippen molar-refractivity contribution in [3.05, 3.63) is 34.9 Å². The predicted octanol–water partition coefficient (Wildman–Crippen LogP) is 2.23. The quantitative estimate of drug-likeness (QED) is 0.491. The molecule has 1 amide bonds. The summed E-state index contributed by atoms with van der Waals surface area (Å²) in [6, 6.07) is 6.08. The van der Waals surface area contributed by atoms with Gasteiger partial charge in [-0.1, -0.05) is 37.6 Å². The highest BCUT2D eigenvalue weighted by atomic mass is 35.5. The summed E-state index contributed by atoms with van der Waals surface area (Å²) in [5, 5.41) is 16.9. The lowest BCUT2D eigenvalue weighted by Crippen LogP contribution is -2.52. The lowest BCUT2D eigenvalue weighted by atomic mass is 10.0. The average Bonchev–Trinajstić information content (AvgIpc) is 3.43. The second-order valence-corrected chi connectivity index (χ2v) is 9.90.